The van der Waals surface area contributed by atoms with Crippen molar-refractivity contribution in [2.75, 3.05) is 6.54 Å². The third-order valence-corrected chi connectivity index (χ3v) is 2.93. The van der Waals surface area contributed by atoms with Crippen LogP contribution in [0.15, 0.2) is 30.3 Å². The van der Waals surface area contributed by atoms with Crippen LogP contribution in [0.25, 0.3) is 0 Å². The minimum atomic E-state index is -1.46. The summed E-state index contributed by atoms with van der Waals surface area (Å²) in [5, 5.41) is 20.0. The number of aliphatic carboxylic acids is 1. The molecular formula is C14H20N2O4. The second-order valence-corrected chi connectivity index (χ2v) is 4.56. The van der Waals surface area contributed by atoms with Gasteiger partial charge in [0.1, 0.15) is 0 Å². The van der Waals surface area contributed by atoms with Gasteiger partial charge in [0.2, 0.25) is 5.91 Å². The first-order valence-corrected chi connectivity index (χ1v) is 6.49. The van der Waals surface area contributed by atoms with Crippen LogP contribution < -0.4 is 11.1 Å². The summed E-state index contributed by atoms with van der Waals surface area (Å²) in [6, 6.07) is 9.06. The van der Waals surface area contributed by atoms with Gasteiger partial charge in [-0.05, 0) is 18.4 Å². The van der Waals surface area contributed by atoms with Gasteiger partial charge in [-0.25, -0.2) is 4.79 Å². The van der Waals surface area contributed by atoms with Crippen molar-refractivity contribution in [3.63, 3.8) is 0 Å². The first kappa shape index (κ1) is 16.1. The summed E-state index contributed by atoms with van der Waals surface area (Å²) < 4.78 is 0. The topological polar surface area (TPSA) is 113 Å². The minimum Gasteiger partial charge on any atom is -0.479 e. The average molecular weight is 280 g/mol. The molecule has 1 aromatic carbocycles. The lowest BCUT2D eigenvalue weighted by atomic mass is 10.1. The van der Waals surface area contributed by atoms with E-state index in [1.807, 2.05) is 30.3 Å². The number of carboxylic acids is 1. The van der Waals surface area contributed by atoms with Crippen molar-refractivity contribution in [1.29, 1.82) is 0 Å². The molecule has 0 bridgehead atoms. The Morgan fingerprint density at radius 3 is 2.45 bits per heavy atom. The van der Waals surface area contributed by atoms with E-state index in [4.69, 9.17) is 15.9 Å². The normalized spacial score (nSPS) is 13.5. The predicted molar refractivity (Wildman–Crippen MR) is 74.0 cm³/mol. The number of aryl methyl sites for hydroxylation is 1. The number of carboxylic acid groups (broad SMARTS) is 1. The van der Waals surface area contributed by atoms with Gasteiger partial charge in [-0.2, -0.15) is 0 Å². The minimum absolute atomic E-state index is 0.0352. The summed E-state index contributed by atoms with van der Waals surface area (Å²) in [6.07, 6.45) is -0.285. The van der Waals surface area contributed by atoms with Gasteiger partial charge in [-0.15, -0.1) is 0 Å². The fraction of sp³-hybridized carbons (Fsp3) is 0.429. The molecule has 1 aromatic rings. The molecule has 1 rings (SSSR count). The maximum atomic E-state index is 11.7. The Morgan fingerprint density at radius 1 is 1.20 bits per heavy atom. The molecule has 110 valence electrons. The second-order valence-electron chi connectivity index (χ2n) is 4.56. The molecule has 0 aromatic heterocycles. The van der Waals surface area contributed by atoms with Gasteiger partial charge in [0, 0.05) is 13.0 Å². The number of nitrogens with two attached hydrogens (primary N) is 1. The van der Waals surface area contributed by atoms with Gasteiger partial charge in [0.05, 0.1) is 6.04 Å². The highest BCUT2D eigenvalue weighted by Crippen LogP contribution is 2.04. The van der Waals surface area contributed by atoms with Crippen LogP contribution in [-0.4, -0.2) is 40.8 Å². The van der Waals surface area contributed by atoms with E-state index in [-0.39, 0.29) is 18.9 Å². The van der Waals surface area contributed by atoms with Crippen molar-refractivity contribution in [3.05, 3.63) is 35.9 Å². The van der Waals surface area contributed by atoms with Crippen molar-refractivity contribution in [1.82, 2.24) is 5.32 Å². The molecule has 0 radical (unpaired) electrons. The van der Waals surface area contributed by atoms with Crippen LogP contribution >= 0.6 is 0 Å². The van der Waals surface area contributed by atoms with Crippen LogP contribution in [0.2, 0.25) is 0 Å². The third kappa shape index (κ3) is 5.81. The van der Waals surface area contributed by atoms with Crippen molar-refractivity contribution >= 4 is 11.9 Å². The number of carbonyl (C=O) groups is 2. The van der Waals surface area contributed by atoms with Crippen molar-refractivity contribution in [2.45, 2.75) is 31.4 Å². The maximum absolute atomic E-state index is 11.7. The number of benzene rings is 1. The monoisotopic (exact) mass is 280 g/mol. The summed E-state index contributed by atoms with van der Waals surface area (Å²) in [5.41, 5.74) is 6.86. The molecule has 0 unspecified atom stereocenters. The Bertz CT molecular complexity index is 436. The molecule has 0 aliphatic carbocycles. The summed E-state index contributed by atoms with van der Waals surface area (Å²) in [7, 11) is 0. The highest BCUT2D eigenvalue weighted by atomic mass is 16.4. The summed E-state index contributed by atoms with van der Waals surface area (Å²) in [6.45, 7) is 0.0886. The highest BCUT2D eigenvalue weighted by molar-refractivity contribution is 5.81. The zero-order chi connectivity index (χ0) is 15.0. The number of aliphatic hydroxyl groups is 1. The molecule has 0 fully saturated rings. The first-order chi connectivity index (χ1) is 9.50. The molecular weight excluding hydrogens is 260 g/mol. The van der Waals surface area contributed by atoms with Crippen LogP contribution in [0.3, 0.4) is 0 Å². The van der Waals surface area contributed by atoms with Crippen LogP contribution in [0.1, 0.15) is 18.4 Å². The lowest BCUT2D eigenvalue weighted by molar-refractivity contribution is -0.147. The van der Waals surface area contributed by atoms with Gasteiger partial charge in [0.25, 0.3) is 0 Å². The second kappa shape index (κ2) is 8.29. The number of aliphatic hydroxyl groups excluding tert-OH is 1. The van der Waals surface area contributed by atoms with Crippen LogP contribution in [0.5, 0.6) is 0 Å². The predicted octanol–water partition coefficient (Wildman–Crippen LogP) is -0.102. The molecule has 0 aliphatic rings. The largest absolute Gasteiger partial charge is 0.479 e. The van der Waals surface area contributed by atoms with Gasteiger partial charge in [-0.3, -0.25) is 4.79 Å². The fourth-order valence-corrected chi connectivity index (χ4v) is 1.68. The Kier molecular flexibility index (Phi) is 6.69. The molecule has 5 N–H and O–H groups in total. The van der Waals surface area contributed by atoms with E-state index in [9.17, 15) is 9.59 Å². The third-order valence-electron chi connectivity index (χ3n) is 2.93. The molecule has 0 heterocycles. The summed E-state index contributed by atoms with van der Waals surface area (Å²) in [5.74, 6) is -1.63. The van der Waals surface area contributed by atoms with Crippen molar-refractivity contribution in [3.8, 4) is 0 Å². The lowest BCUT2D eigenvalue weighted by Crippen LogP contribution is -2.42. The quantitative estimate of drug-likeness (QED) is 0.531. The van der Waals surface area contributed by atoms with Gasteiger partial charge in [0.15, 0.2) is 6.10 Å². The molecule has 0 saturated carbocycles. The van der Waals surface area contributed by atoms with Crippen molar-refractivity contribution in [2.24, 2.45) is 5.73 Å². The number of hydrogen-bond acceptors (Lipinski definition) is 4. The zero-order valence-corrected chi connectivity index (χ0v) is 11.2. The van der Waals surface area contributed by atoms with E-state index in [0.29, 0.717) is 12.8 Å². The Balaban J connectivity index is 2.24. The van der Waals surface area contributed by atoms with Gasteiger partial charge < -0.3 is 21.3 Å². The Labute approximate surface area is 117 Å². The highest BCUT2D eigenvalue weighted by Gasteiger charge is 2.16. The zero-order valence-electron chi connectivity index (χ0n) is 11.2. The van der Waals surface area contributed by atoms with Crippen LogP contribution in [0.4, 0.5) is 0 Å². The molecule has 0 spiro atoms. The fourth-order valence-electron chi connectivity index (χ4n) is 1.68. The van der Waals surface area contributed by atoms with E-state index in [1.54, 1.807) is 0 Å². The number of carbonyl (C=O) groups excluding carboxylic acids is 1. The van der Waals surface area contributed by atoms with E-state index < -0.39 is 18.1 Å². The molecule has 1 amide bonds. The summed E-state index contributed by atoms with van der Waals surface area (Å²) >= 11 is 0. The number of rotatable bonds is 8. The van der Waals surface area contributed by atoms with Gasteiger partial charge >= 0.3 is 5.97 Å². The van der Waals surface area contributed by atoms with E-state index in [2.05, 4.69) is 5.32 Å². The standard InChI is InChI=1S/C14H20N2O4/c15-11(7-6-10-4-2-1-3-5-10)13(18)16-9-8-12(17)14(19)20/h1-5,11-12,17H,6-9,15H2,(H,16,18)(H,19,20)/t11-,12-/m0/s1. The molecule has 0 aliphatic heterocycles. The van der Waals surface area contributed by atoms with Crippen LogP contribution in [0, 0.1) is 0 Å². The lowest BCUT2D eigenvalue weighted by Gasteiger charge is -2.13. The smallest absolute Gasteiger partial charge is 0.332 e. The molecule has 6 nitrogen and oxygen atoms in total. The number of amides is 1. The average Bonchev–Trinajstić information content (AvgIpc) is 2.45. The van der Waals surface area contributed by atoms with E-state index >= 15 is 0 Å². The molecule has 20 heavy (non-hydrogen) atoms. The Morgan fingerprint density at radius 2 is 1.85 bits per heavy atom. The first-order valence-electron chi connectivity index (χ1n) is 6.49. The number of hydrogen-bond donors (Lipinski definition) is 4. The molecule has 0 saturated heterocycles. The van der Waals surface area contributed by atoms with E-state index in [0.717, 1.165) is 5.56 Å². The van der Waals surface area contributed by atoms with Crippen molar-refractivity contribution < 1.29 is 19.8 Å². The van der Waals surface area contributed by atoms with Crippen LogP contribution in [-0.2, 0) is 16.0 Å². The Hall–Kier alpha value is -1.92. The van der Waals surface area contributed by atoms with E-state index in [1.165, 1.54) is 0 Å². The van der Waals surface area contributed by atoms with Gasteiger partial charge in [-0.1, -0.05) is 30.3 Å². The maximum Gasteiger partial charge on any atom is 0.332 e. The SMILES string of the molecule is N[C@@H](CCc1ccccc1)C(=O)NCC[C@H](O)C(=O)O. The molecule has 6 heteroatoms. The molecule has 2 atom stereocenters. The number of nitrogens with one attached hydrogen (secondary N) is 1. The summed E-state index contributed by atoms with van der Waals surface area (Å²) in [4.78, 5) is 22.0.